The Morgan fingerprint density at radius 1 is 1.09 bits per heavy atom. The second-order valence-electron chi connectivity index (χ2n) is 7.78. The summed E-state index contributed by atoms with van der Waals surface area (Å²) in [6.07, 6.45) is 0.722. The van der Waals surface area contributed by atoms with Crippen molar-refractivity contribution in [2.24, 2.45) is 0 Å². The molecule has 0 bridgehead atoms. The first-order valence-electron chi connectivity index (χ1n) is 10.5. The van der Waals surface area contributed by atoms with Gasteiger partial charge in [0.2, 0.25) is 5.91 Å². The Bertz CT molecular complexity index is 1130. The number of nitrogens with one attached hydrogen (secondary N) is 2. The molecule has 0 radical (unpaired) electrons. The van der Waals surface area contributed by atoms with Crippen molar-refractivity contribution in [1.82, 2.24) is 5.32 Å². The molecule has 1 fully saturated rings. The van der Waals surface area contributed by atoms with Crippen LogP contribution in [0.3, 0.4) is 0 Å². The largest absolute Gasteiger partial charge is 0.498 e. The summed E-state index contributed by atoms with van der Waals surface area (Å²) in [6, 6.07) is 13.1. The van der Waals surface area contributed by atoms with Gasteiger partial charge in [-0.05, 0) is 42.0 Å². The highest BCUT2D eigenvalue weighted by atomic mass is 19.1. The summed E-state index contributed by atoms with van der Waals surface area (Å²) in [5, 5.41) is 5.63. The third-order valence-electron chi connectivity index (χ3n) is 5.87. The molecule has 2 aromatic carbocycles. The van der Waals surface area contributed by atoms with Crippen molar-refractivity contribution in [2.75, 3.05) is 26.6 Å². The molecule has 8 heteroatoms. The highest BCUT2D eigenvalue weighted by molar-refractivity contribution is 6.04. The summed E-state index contributed by atoms with van der Waals surface area (Å²) >= 11 is 0. The maximum absolute atomic E-state index is 15.1. The van der Waals surface area contributed by atoms with Crippen LogP contribution in [0.25, 0.3) is 0 Å². The summed E-state index contributed by atoms with van der Waals surface area (Å²) in [6.45, 7) is 0. The number of rotatable bonds is 6. The second kappa shape index (κ2) is 9.56. The zero-order valence-corrected chi connectivity index (χ0v) is 18.6. The molecule has 0 aromatic heterocycles. The van der Waals surface area contributed by atoms with Crippen LogP contribution in [0, 0.1) is 5.82 Å². The molecular formula is C25H25FN2O5. The van der Waals surface area contributed by atoms with Crippen LogP contribution in [-0.2, 0) is 19.0 Å². The monoisotopic (exact) mass is 452 g/mol. The van der Waals surface area contributed by atoms with Gasteiger partial charge in [0, 0.05) is 49.1 Å². The van der Waals surface area contributed by atoms with E-state index < -0.39 is 23.9 Å². The van der Waals surface area contributed by atoms with Crippen molar-refractivity contribution in [1.29, 1.82) is 0 Å². The first-order chi connectivity index (χ1) is 16.0. The Hall–Kier alpha value is -3.49. The summed E-state index contributed by atoms with van der Waals surface area (Å²) in [5.41, 5.74) is 2.31. The van der Waals surface area contributed by atoms with Crippen LogP contribution in [0.5, 0.6) is 0 Å². The van der Waals surface area contributed by atoms with E-state index in [1.165, 1.54) is 33.5 Å². The summed E-state index contributed by atoms with van der Waals surface area (Å²) in [4.78, 5) is 25.1. The molecule has 3 unspecified atom stereocenters. The lowest BCUT2D eigenvalue weighted by molar-refractivity contribution is -0.121. The Labute approximate surface area is 191 Å². The van der Waals surface area contributed by atoms with Gasteiger partial charge in [0.05, 0.1) is 7.11 Å². The Morgan fingerprint density at radius 2 is 1.85 bits per heavy atom. The lowest BCUT2D eigenvalue weighted by Crippen LogP contribution is -2.42. The van der Waals surface area contributed by atoms with E-state index in [4.69, 9.17) is 14.2 Å². The number of benzene rings is 2. The average Bonchev–Trinajstić information content (AvgIpc) is 2.83. The first kappa shape index (κ1) is 22.7. The number of carbonyl (C=O) groups is 2. The Balaban J connectivity index is 1.75. The lowest BCUT2D eigenvalue weighted by atomic mass is 9.78. The number of piperidine rings is 1. The van der Waals surface area contributed by atoms with Crippen LogP contribution < -0.4 is 10.6 Å². The minimum Gasteiger partial charge on any atom is -0.498 e. The van der Waals surface area contributed by atoms with Gasteiger partial charge in [-0.1, -0.05) is 18.2 Å². The lowest BCUT2D eigenvalue weighted by Gasteiger charge is -2.37. The number of ether oxygens (including phenoxy) is 3. The number of allylic oxidation sites excluding steroid dienone is 1. The molecule has 2 aliphatic rings. The molecule has 0 spiro atoms. The number of carbonyl (C=O) groups excluding carboxylic acids is 2. The number of anilines is 1. The average molecular weight is 452 g/mol. The SMILES string of the molecule is COC1=C2C(=CC(OC)C1OC)NC(=O)CC2c1cc(NC(=O)c2ccccc2)ccc1F. The Morgan fingerprint density at radius 3 is 2.52 bits per heavy atom. The fourth-order valence-electron chi connectivity index (χ4n) is 4.34. The van der Waals surface area contributed by atoms with Crippen LogP contribution >= 0.6 is 0 Å². The van der Waals surface area contributed by atoms with E-state index in [1.807, 2.05) is 6.07 Å². The molecule has 1 heterocycles. The van der Waals surface area contributed by atoms with Crippen LogP contribution in [0.15, 0.2) is 71.6 Å². The molecule has 7 nitrogen and oxygen atoms in total. The first-order valence-corrected chi connectivity index (χ1v) is 10.5. The van der Waals surface area contributed by atoms with Crippen molar-refractivity contribution in [3.05, 3.63) is 88.6 Å². The number of fused-ring (bicyclic) bond motifs is 1. The summed E-state index contributed by atoms with van der Waals surface area (Å²) < 4.78 is 31.8. The predicted molar refractivity (Wildman–Crippen MR) is 120 cm³/mol. The summed E-state index contributed by atoms with van der Waals surface area (Å²) in [7, 11) is 4.57. The minimum absolute atomic E-state index is 0.0145. The van der Waals surface area contributed by atoms with Gasteiger partial charge in [-0.3, -0.25) is 9.59 Å². The van der Waals surface area contributed by atoms with Gasteiger partial charge in [-0.25, -0.2) is 4.39 Å². The van der Waals surface area contributed by atoms with Gasteiger partial charge in [0.1, 0.15) is 23.8 Å². The van der Waals surface area contributed by atoms with E-state index in [0.717, 1.165) is 0 Å². The summed E-state index contributed by atoms with van der Waals surface area (Å²) in [5.74, 6) is -1.23. The van der Waals surface area contributed by atoms with Crippen LogP contribution in [-0.4, -0.2) is 45.4 Å². The van der Waals surface area contributed by atoms with E-state index in [9.17, 15) is 9.59 Å². The molecule has 172 valence electrons. The van der Waals surface area contributed by atoms with Gasteiger partial charge in [-0.2, -0.15) is 0 Å². The van der Waals surface area contributed by atoms with Crippen LogP contribution in [0.4, 0.5) is 10.1 Å². The fraction of sp³-hybridized carbons (Fsp3) is 0.280. The smallest absolute Gasteiger partial charge is 0.255 e. The molecule has 4 rings (SSSR count). The van der Waals surface area contributed by atoms with Crippen molar-refractivity contribution in [3.8, 4) is 0 Å². The molecule has 2 N–H and O–H groups in total. The van der Waals surface area contributed by atoms with Crippen molar-refractivity contribution in [2.45, 2.75) is 24.5 Å². The van der Waals surface area contributed by atoms with Crippen molar-refractivity contribution >= 4 is 17.5 Å². The minimum atomic E-state index is -0.635. The predicted octanol–water partition coefficient (Wildman–Crippen LogP) is 3.51. The fourth-order valence-corrected chi connectivity index (χ4v) is 4.34. The zero-order valence-electron chi connectivity index (χ0n) is 18.6. The third kappa shape index (κ3) is 4.40. The Kier molecular flexibility index (Phi) is 6.57. The number of hydrogen-bond acceptors (Lipinski definition) is 5. The van der Waals surface area contributed by atoms with E-state index >= 15 is 4.39 Å². The molecular weight excluding hydrogens is 427 g/mol. The van der Waals surface area contributed by atoms with Gasteiger partial charge >= 0.3 is 0 Å². The van der Waals surface area contributed by atoms with E-state index in [2.05, 4.69) is 10.6 Å². The molecule has 1 saturated heterocycles. The van der Waals surface area contributed by atoms with Gasteiger partial charge < -0.3 is 24.8 Å². The molecule has 2 aromatic rings. The maximum Gasteiger partial charge on any atom is 0.255 e. The van der Waals surface area contributed by atoms with Gasteiger partial charge in [-0.15, -0.1) is 0 Å². The van der Waals surface area contributed by atoms with Gasteiger partial charge in [0.15, 0.2) is 0 Å². The second-order valence-corrected chi connectivity index (χ2v) is 7.78. The molecule has 3 atom stereocenters. The van der Waals surface area contributed by atoms with Crippen LogP contribution in [0.1, 0.15) is 28.3 Å². The highest BCUT2D eigenvalue weighted by Gasteiger charge is 2.41. The maximum atomic E-state index is 15.1. The van der Waals surface area contributed by atoms with E-state index in [-0.39, 0.29) is 23.8 Å². The van der Waals surface area contributed by atoms with Crippen molar-refractivity contribution < 1.29 is 28.2 Å². The quantitative estimate of drug-likeness (QED) is 0.701. The molecule has 1 aliphatic heterocycles. The standard InChI is InChI=1S/C25H25FN2O5/c1-31-20-13-19-22(24(33-3)23(20)32-2)17(12-21(29)28-19)16-11-15(9-10-18(16)26)27-25(30)14-7-5-4-6-8-14/h4-11,13,17,20,23H,12H2,1-3H3,(H,27,30)(H,28,29). The molecule has 33 heavy (non-hydrogen) atoms. The normalized spacial score (nSPS) is 22.2. The topological polar surface area (TPSA) is 85.9 Å². The molecule has 0 saturated carbocycles. The molecule has 1 aliphatic carbocycles. The van der Waals surface area contributed by atoms with Crippen LogP contribution in [0.2, 0.25) is 0 Å². The van der Waals surface area contributed by atoms with Gasteiger partial charge in [0.25, 0.3) is 5.91 Å². The van der Waals surface area contributed by atoms with E-state index in [1.54, 1.807) is 36.4 Å². The zero-order chi connectivity index (χ0) is 23.5. The highest BCUT2D eigenvalue weighted by Crippen LogP contribution is 2.43. The molecule has 2 amide bonds. The number of hydrogen-bond donors (Lipinski definition) is 2. The number of halogens is 1. The number of methoxy groups -OCH3 is 3. The third-order valence-corrected chi connectivity index (χ3v) is 5.87. The van der Waals surface area contributed by atoms with Crippen molar-refractivity contribution in [3.63, 3.8) is 0 Å². The van der Waals surface area contributed by atoms with E-state index in [0.29, 0.717) is 28.3 Å². The number of amides is 2.